The van der Waals surface area contributed by atoms with Gasteiger partial charge < -0.3 is 15.4 Å². The van der Waals surface area contributed by atoms with Crippen molar-refractivity contribution in [2.75, 3.05) is 31.1 Å². The highest BCUT2D eigenvalue weighted by molar-refractivity contribution is 6.30. The number of likely N-dealkylation sites (tertiary alicyclic amines) is 1. The molecule has 34 heavy (non-hydrogen) atoms. The van der Waals surface area contributed by atoms with Crippen molar-refractivity contribution < 1.29 is 4.74 Å². The first kappa shape index (κ1) is 26.6. The van der Waals surface area contributed by atoms with Crippen molar-refractivity contribution in [2.45, 2.75) is 65.6 Å². The van der Waals surface area contributed by atoms with Crippen LogP contribution < -0.4 is 15.4 Å². The summed E-state index contributed by atoms with van der Waals surface area (Å²) < 4.78 is 6.01. The van der Waals surface area contributed by atoms with Crippen LogP contribution >= 0.6 is 11.6 Å². The van der Waals surface area contributed by atoms with Crippen molar-refractivity contribution in [3.05, 3.63) is 70.8 Å². The van der Waals surface area contributed by atoms with Gasteiger partial charge in [0.05, 0.1) is 0 Å². The molecule has 5 heteroatoms. The Morgan fingerprint density at radius 3 is 2.50 bits per heavy atom. The lowest BCUT2D eigenvalue weighted by molar-refractivity contribution is 0.188. The van der Waals surface area contributed by atoms with Crippen molar-refractivity contribution in [2.24, 2.45) is 11.7 Å². The lowest BCUT2D eigenvalue weighted by atomic mass is 10.00. The van der Waals surface area contributed by atoms with Gasteiger partial charge in [-0.25, -0.2) is 0 Å². The van der Waals surface area contributed by atoms with Crippen LogP contribution in [0, 0.1) is 5.92 Å². The monoisotopic (exact) mass is 483 g/mol. The van der Waals surface area contributed by atoms with E-state index in [1.165, 1.54) is 24.1 Å². The van der Waals surface area contributed by atoms with Crippen molar-refractivity contribution >= 4 is 17.3 Å². The molecule has 1 saturated heterocycles. The fourth-order valence-electron chi connectivity index (χ4n) is 4.69. The van der Waals surface area contributed by atoms with Gasteiger partial charge in [0, 0.05) is 42.4 Å². The lowest BCUT2D eigenvalue weighted by Gasteiger charge is -2.41. The molecule has 1 aliphatic rings. The highest BCUT2D eigenvalue weighted by atomic mass is 35.5. The predicted octanol–water partition coefficient (Wildman–Crippen LogP) is 6.53. The lowest BCUT2D eigenvalue weighted by Crippen LogP contribution is -2.51. The topological polar surface area (TPSA) is 41.7 Å². The van der Waals surface area contributed by atoms with Crippen LogP contribution in [0.4, 0.5) is 5.69 Å². The Hall–Kier alpha value is -2.01. The van der Waals surface area contributed by atoms with E-state index in [1.807, 2.05) is 24.3 Å². The average molecular weight is 484 g/mol. The molecular weight excluding hydrogens is 442 g/mol. The summed E-state index contributed by atoms with van der Waals surface area (Å²) in [6, 6.07) is 17.1. The Kier molecular flexibility index (Phi) is 10.3. The predicted molar refractivity (Wildman–Crippen MR) is 146 cm³/mol. The molecule has 186 valence electrons. The maximum Gasteiger partial charge on any atom is 0.119 e. The molecule has 2 atom stereocenters. The number of allylic oxidation sites excluding steroid dienone is 1. The molecule has 0 bridgehead atoms. The zero-order valence-electron chi connectivity index (χ0n) is 21.3. The largest absolute Gasteiger partial charge is 0.489 e. The molecule has 4 nitrogen and oxygen atoms in total. The Bertz CT molecular complexity index is 891. The fraction of sp³-hybridized carbons (Fsp3) is 0.517. The number of hydrogen-bond donors (Lipinski definition) is 1. The third-order valence-corrected chi connectivity index (χ3v) is 6.62. The van der Waals surface area contributed by atoms with Crippen LogP contribution in [-0.4, -0.2) is 43.2 Å². The number of ether oxygens (including phenoxy) is 1. The minimum atomic E-state index is 0.252. The van der Waals surface area contributed by atoms with Crippen molar-refractivity contribution in [1.29, 1.82) is 0 Å². The maximum atomic E-state index is 6.45. The molecule has 2 unspecified atom stereocenters. The smallest absolute Gasteiger partial charge is 0.119 e. The molecule has 2 aromatic carbocycles. The van der Waals surface area contributed by atoms with Gasteiger partial charge in [0.1, 0.15) is 12.4 Å². The number of benzene rings is 2. The number of nitrogens with zero attached hydrogens (tertiary/aromatic N) is 2. The molecule has 1 aliphatic heterocycles. The molecule has 0 aliphatic carbocycles. The van der Waals surface area contributed by atoms with Crippen LogP contribution in [0.25, 0.3) is 0 Å². The van der Waals surface area contributed by atoms with Gasteiger partial charge in [-0.3, -0.25) is 4.90 Å². The number of hydrogen-bond acceptors (Lipinski definition) is 4. The highest BCUT2D eigenvalue weighted by Gasteiger charge is 2.26. The standard InChI is InChI=1S/C29H42ClN3O/c1-22(2)15-17-33(28-6-5-16-32(20-28)19-26(31)18-23(3)4)27-11-13-29(14-12-27)34-21-24-7-9-25(30)10-8-24/h7-15,23,26,28H,5-6,16-21,31H2,1-4H3. The van der Waals surface area contributed by atoms with Crippen molar-refractivity contribution in [1.82, 2.24) is 4.90 Å². The summed E-state index contributed by atoms with van der Waals surface area (Å²) in [4.78, 5) is 5.12. The second-order valence-electron chi connectivity index (χ2n) is 10.3. The summed E-state index contributed by atoms with van der Waals surface area (Å²) in [6.45, 7) is 13.5. The van der Waals surface area contributed by atoms with E-state index in [4.69, 9.17) is 22.1 Å². The molecule has 2 aromatic rings. The van der Waals surface area contributed by atoms with Gasteiger partial charge >= 0.3 is 0 Å². The van der Waals surface area contributed by atoms with Crippen LogP contribution in [0.15, 0.2) is 60.2 Å². The van der Waals surface area contributed by atoms with E-state index in [-0.39, 0.29) is 6.04 Å². The van der Waals surface area contributed by atoms with Crippen LogP contribution in [0.2, 0.25) is 5.02 Å². The van der Waals surface area contributed by atoms with E-state index < -0.39 is 0 Å². The second kappa shape index (κ2) is 13.2. The first-order valence-electron chi connectivity index (χ1n) is 12.7. The quantitative estimate of drug-likeness (QED) is 0.369. The fourth-order valence-corrected chi connectivity index (χ4v) is 4.82. The van der Waals surface area contributed by atoms with Crippen LogP contribution in [0.3, 0.4) is 0 Å². The molecule has 0 saturated carbocycles. The van der Waals surface area contributed by atoms with Crippen molar-refractivity contribution in [3.63, 3.8) is 0 Å². The summed E-state index contributed by atoms with van der Waals surface area (Å²) >= 11 is 5.98. The van der Waals surface area contributed by atoms with E-state index >= 15 is 0 Å². The van der Waals surface area contributed by atoms with E-state index in [9.17, 15) is 0 Å². The summed E-state index contributed by atoms with van der Waals surface area (Å²) in [5.74, 6) is 1.52. The Labute approximate surface area is 211 Å². The molecule has 0 radical (unpaired) electrons. The van der Waals surface area contributed by atoms with Crippen molar-refractivity contribution in [3.8, 4) is 5.75 Å². The van der Waals surface area contributed by atoms with E-state index in [0.717, 1.165) is 48.9 Å². The number of rotatable bonds is 11. The highest BCUT2D eigenvalue weighted by Crippen LogP contribution is 2.26. The van der Waals surface area contributed by atoms with E-state index in [1.54, 1.807) is 0 Å². The Morgan fingerprint density at radius 1 is 1.15 bits per heavy atom. The molecule has 0 amide bonds. The van der Waals surface area contributed by atoms with Crippen LogP contribution in [-0.2, 0) is 6.61 Å². The second-order valence-corrected chi connectivity index (χ2v) is 10.7. The number of halogens is 1. The first-order valence-corrected chi connectivity index (χ1v) is 13.0. The maximum absolute atomic E-state index is 6.45. The van der Waals surface area contributed by atoms with Gasteiger partial charge in [-0.2, -0.15) is 0 Å². The van der Waals surface area contributed by atoms with Crippen LogP contribution in [0.5, 0.6) is 5.75 Å². The zero-order chi connectivity index (χ0) is 24.5. The molecule has 1 heterocycles. The van der Waals surface area contributed by atoms with Gasteiger partial charge in [0.2, 0.25) is 0 Å². The van der Waals surface area contributed by atoms with E-state index in [2.05, 4.69) is 67.8 Å². The summed E-state index contributed by atoms with van der Waals surface area (Å²) in [7, 11) is 0. The van der Waals surface area contributed by atoms with Gasteiger partial charge in [-0.05, 0) is 87.5 Å². The molecule has 3 rings (SSSR count). The molecule has 0 spiro atoms. The molecule has 2 N–H and O–H groups in total. The minimum Gasteiger partial charge on any atom is -0.489 e. The normalized spacial score (nSPS) is 17.4. The zero-order valence-corrected chi connectivity index (χ0v) is 22.1. The van der Waals surface area contributed by atoms with E-state index in [0.29, 0.717) is 18.6 Å². The molecule has 0 aromatic heterocycles. The van der Waals surface area contributed by atoms with Crippen LogP contribution in [0.1, 0.15) is 52.5 Å². The summed E-state index contributed by atoms with van der Waals surface area (Å²) in [5, 5.41) is 0.743. The Morgan fingerprint density at radius 2 is 1.85 bits per heavy atom. The SMILES string of the molecule is CC(C)=CCN(c1ccc(OCc2ccc(Cl)cc2)cc1)C1CCCN(CC(N)CC(C)C)C1. The third kappa shape index (κ3) is 8.65. The first-order chi connectivity index (χ1) is 16.3. The number of anilines is 1. The molecule has 1 fully saturated rings. The summed E-state index contributed by atoms with van der Waals surface area (Å²) in [6.07, 6.45) is 5.84. The number of nitrogens with two attached hydrogens (primary N) is 1. The number of piperidine rings is 1. The molecular formula is C29H42ClN3O. The van der Waals surface area contributed by atoms with Gasteiger partial charge in [-0.1, -0.05) is 49.2 Å². The average Bonchev–Trinajstić information content (AvgIpc) is 2.79. The van der Waals surface area contributed by atoms with Gasteiger partial charge in [0.15, 0.2) is 0 Å². The minimum absolute atomic E-state index is 0.252. The van der Waals surface area contributed by atoms with Gasteiger partial charge in [-0.15, -0.1) is 0 Å². The summed E-state index contributed by atoms with van der Waals surface area (Å²) in [5.41, 5.74) is 10.1. The van der Waals surface area contributed by atoms with Gasteiger partial charge in [0.25, 0.3) is 0 Å². The third-order valence-electron chi connectivity index (χ3n) is 6.37. The Balaban J connectivity index is 1.66.